The minimum atomic E-state index is -1.42. The minimum Gasteiger partial charge on any atom is -0.489 e. The fourth-order valence-electron chi connectivity index (χ4n) is 1.11. The van der Waals surface area contributed by atoms with Crippen LogP contribution in [0.1, 0.15) is 0 Å². The van der Waals surface area contributed by atoms with Crippen LogP contribution in [0, 0.1) is 0 Å². The highest BCUT2D eigenvalue weighted by atomic mass is 28.4. The molecule has 1 rings (SSSR count). The van der Waals surface area contributed by atoms with Crippen LogP contribution in [-0.2, 0) is 4.43 Å². The van der Waals surface area contributed by atoms with E-state index in [1.54, 1.807) is 0 Å². The molecule has 0 bridgehead atoms. The van der Waals surface area contributed by atoms with E-state index in [2.05, 4.69) is 19.6 Å². The van der Waals surface area contributed by atoms with E-state index in [4.69, 9.17) is 14.9 Å². The first-order valence-corrected chi connectivity index (χ1v) is 8.51. The highest BCUT2D eigenvalue weighted by Crippen LogP contribution is 2.19. The van der Waals surface area contributed by atoms with Gasteiger partial charge in [0.1, 0.15) is 12.4 Å². The van der Waals surface area contributed by atoms with E-state index in [0.29, 0.717) is 18.9 Å². The first kappa shape index (κ1) is 12.1. The second kappa shape index (κ2) is 5.18. The molecular weight excluding hydrogens is 206 g/mol. The van der Waals surface area contributed by atoms with Gasteiger partial charge in [0.2, 0.25) is 0 Å². The number of para-hydroxylation sites is 2. The molecule has 0 unspecified atom stereocenters. The van der Waals surface area contributed by atoms with Crippen molar-refractivity contribution in [3.8, 4) is 5.75 Å². The second-order valence-corrected chi connectivity index (χ2v) is 8.86. The lowest BCUT2D eigenvalue weighted by atomic mass is 10.3. The third-order valence-corrected chi connectivity index (χ3v) is 2.87. The molecule has 3 nitrogen and oxygen atoms in total. The van der Waals surface area contributed by atoms with Crippen LogP contribution in [0.2, 0.25) is 19.6 Å². The SMILES string of the molecule is C[Si](C)(C)OCCOc1ccccc1N. The highest BCUT2D eigenvalue weighted by molar-refractivity contribution is 6.69. The summed E-state index contributed by atoms with van der Waals surface area (Å²) < 4.78 is 11.2. The second-order valence-electron chi connectivity index (χ2n) is 4.35. The first-order chi connectivity index (χ1) is 6.99. The van der Waals surface area contributed by atoms with Gasteiger partial charge in [-0.3, -0.25) is 0 Å². The van der Waals surface area contributed by atoms with Gasteiger partial charge in [0, 0.05) is 0 Å². The standard InChI is InChI=1S/C11H19NO2Si/c1-15(2,3)14-9-8-13-11-7-5-4-6-10(11)12/h4-7H,8-9,12H2,1-3H3. The summed E-state index contributed by atoms with van der Waals surface area (Å²) in [5.41, 5.74) is 6.40. The molecule has 0 fully saturated rings. The smallest absolute Gasteiger partial charge is 0.183 e. The Morgan fingerprint density at radius 2 is 1.80 bits per heavy atom. The fourth-order valence-corrected chi connectivity index (χ4v) is 1.81. The van der Waals surface area contributed by atoms with E-state index in [9.17, 15) is 0 Å². The van der Waals surface area contributed by atoms with Gasteiger partial charge in [-0.2, -0.15) is 0 Å². The molecule has 4 heteroatoms. The van der Waals surface area contributed by atoms with Crippen molar-refractivity contribution >= 4 is 14.0 Å². The summed E-state index contributed by atoms with van der Waals surface area (Å²) in [6.07, 6.45) is 0. The van der Waals surface area contributed by atoms with E-state index < -0.39 is 8.32 Å². The Morgan fingerprint density at radius 1 is 1.13 bits per heavy atom. The Bertz CT molecular complexity index is 310. The van der Waals surface area contributed by atoms with Gasteiger partial charge in [-0.15, -0.1) is 0 Å². The Balaban J connectivity index is 2.30. The van der Waals surface area contributed by atoms with Crippen LogP contribution in [0.3, 0.4) is 0 Å². The molecule has 0 aliphatic carbocycles. The lowest BCUT2D eigenvalue weighted by Gasteiger charge is -2.17. The minimum absolute atomic E-state index is 0.554. The van der Waals surface area contributed by atoms with Gasteiger partial charge in [-0.25, -0.2) is 0 Å². The molecule has 0 heterocycles. The van der Waals surface area contributed by atoms with E-state index in [1.165, 1.54) is 0 Å². The Kier molecular flexibility index (Phi) is 4.17. The number of nitrogens with two attached hydrogens (primary N) is 1. The van der Waals surface area contributed by atoms with Gasteiger partial charge in [0.15, 0.2) is 8.32 Å². The van der Waals surface area contributed by atoms with Crippen molar-refractivity contribution in [2.75, 3.05) is 18.9 Å². The maximum absolute atomic E-state index is 5.73. The maximum atomic E-state index is 5.73. The van der Waals surface area contributed by atoms with Crippen LogP contribution >= 0.6 is 0 Å². The summed E-state index contributed by atoms with van der Waals surface area (Å²) in [6, 6.07) is 7.49. The van der Waals surface area contributed by atoms with E-state index >= 15 is 0 Å². The topological polar surface area (TPSA) is 44.5 Å². The van der Waals surface area contributed by atoms with Crippen LogP contribution in [0.25, 0.3) is 0 Å². The number of ether oxygens (including phenoxy) is 1. The van der Waals surface area contributed by atoms with Crippen molar-refractivity contribution in [1.29, 1.82) is 0 Å². The number of rotatable bonds is 5. The summed E-state index contributed by atoms with van der Waals surface area (Å²) in [7, 11) is -1.42. The Labute approximate surface area is 92.3 Å². The molecule has 0 aliphatic rings. The van der Waals surface area contributed by atoms with Crippen LogP contribution in [0.5, 0.6) is 5.75 Å². The monoisotopic (exact) mass is 225 g/mol. The van der Waals surface area contributed by atoms with Crippen molar-refractivity contribution in [3.63, 3.8) is 0 Å². The number of benzene rings is 1. The Morgan fingerprint density at radius 3 is 2.40 bits per heavy atom. The highest BCUT2D eigenvalue weighted by Gasteiger charge is 2.13. The molecule has 0 aliphatic heterocycles. The molecule has 0 atom stereocenters. The summed E-state index contributed by atoms with van der Waals surface area (Å²) in [6.45, 7) is 7.65. The fraction of sp³-hybridized carbons (Fsp3) is 0.455. The number of nitrogen functional groups attached to an aromatic ring is 1. The summed E-state index contributed by atoms with van der Waals surface area (Å²) in [5.74, 6) is 0.733. The first-order valence-electron chi connectivity index (χ1n) is 5.10. The molecule has 0 saturated heterocycles. The predicted molar refractivity (Wildman–Crippen MR) is 65.6 cm³/mol. The summed E-state index contributed by atoms with van der Waals surface area (Å²) >= 11 is 0. The molecule has 1 aromatic carbocycles. The molecule has 0 radical (unpaired) electrons. The lowest BCUT2D eigenvalue weighted by Crippen LogP contribution is -2.27. The molecule has 0 aromatic heterocycles. The average molecular weight is 225 g/mol. The van der Waals surface area contributed by atoms with Gasteiger partial charge in [-0.05, 0) is 31.8 Å². The third kappa shape index (κ3) is 4.85. The molecule has 1 aromatic rings. The third-order valence-electron chi connectivity index (χ3n) is 1.79. The molecule has 2 N–H and O–H groups in total. The molecule has 0 saturated carbocycles. The van der Waals surface area contributed by atoms with Gasteiger partial charge in [0.25, 0.3) is 0 Å². The van der Waals surface area contributed by atoms with Gasteiger partial charge < -0.3 is 14.9 Å². The van der Waals surface area contributed by atoms with Crippen molar-refractivity contribution < 1.29 is 9.16 Å². The lowest BCUT2D eigenvalue weighted by molar-refractivity contribution is 0.213. The zero-order valence-electron chi connectivity index (χ0n) is 9.62. The number of hydrogen-bond donors (Lipinski definition) is 1. The van der Waals surface area contributed by atoms with Gasteiger partial charge in [0.05, 0.1) is 12.3 Å². The normalized spacial score (nSPS) is 11.4. The van der Waals surface area contributed by atoms with Crippen molar-refractivity contribution in [1.82, 2.24) is 0 Å². The van der Waals surface area contributed by atoms with Crippen molar-refractivity contribution in [2.45, 2.75) is 19.6 Å². The van der Waals surface area contributed by atoms with Crippen LogP contribution < -0.4 is 10.5 Å². The van der Waals surface area contributed by atoms with Crippen LogP contribution in [-0.4, -0.2) is 21.5 Å². The zero-order chi connectivity index (χ0) is 11.3. The average Bonchev–Trinajstić information content (AvgIpc) is 2.13. The predicted octanol–water partition coefficient (Wildman–Crippen LogP) is 2.50. The molecular formula is C11H19NO2Si. The van der Waals surface area contributed by atoms with Crippen LogP contribution in [0.15, 0.2) is 24.3 Å². The molecule has 84 valence electrons. The number of anilines is 1. The van der Waals surface area contributed by atoms with Crippen molar-refractivity contribution in [3.05, 3.63) is 24.3 Å². The maximum Gasteiger partial charge on any atom is 0.183 e. The molecule has 0 amide bonds. The summed E-state index contributed by atoms with van der Waals surface area (Å²) in [5, 5.41) is 0. The van der Waals surface area contributed by atoms with E-state index in [-0.39, 0.29) is 0 Å². The quantitative estimate of drug-likeness (QED) is 0.476. The Hall–Kier alpha value is -1.00. The molecule has 15 heavy (non-hydrogen) atoms. The van der Waals surface area contributed by atoms with E-state index in [1.807, 2.05) is 24.3 Å². The largest absolute Gasteiger partial charge is 0.489 e. The zero-order valence-corrected chi connectivity index (χ0v) is 10.6. The van der Waals surface area contributed by atoms with Gasteiger partial charge in [-0.1, -0.05) is 12.1 Å². The van der Waals surface area contributed by atoms with Crippen LogP contribution in [0.4, 0.5) is 5.69 Å². The molecule has 0 spiro atoms. The number of hydrogen-bond acceptors (Lipinski definition) is 3. The summed E-state index contributed by atoms with van der Waals surface area (Å²) in [4.78, 5) is 0. The van der Waals surface area contributed by atoms with Gasteiger partial charge >= 0.3 is 0 Å². The van der Waals surface area contributed by atoms with Crippen molar-refractivity contribution in [2.24, 2.45) is 0 Å². The van der Waals surface area contributed by atoms with E-state index in [0.717, 1.165) is 5.75 Å².